The van der Waals surface area contributed by atoms with Crippen LogP contribution in [0.25, 0.3) is 0 Å². The third kappa shape index (κ3) is 6.16. The molecule has 1 aliphatic heterocycles. The summed E-state index contributed by atoms with van der Waals surface area (Å²) in [6.07, 6.45) is -4.75. The van der Waals surface area contributed by atoms with E-state index in [1.165, 1.54) is 30.2 Å². The lowest BCUT2D eigenvalue weighted by molar-refractivity contribution is -0.274. The summed E-state index contributed by atoms with van der Waals surface area (Å²) in [5.41, 5.74) is 1.11. The van der Waals surface area contributed by atoms with Crippen molar-refractivity contribution < 1.29 is 37.0 Å². The summed E-state index contributed by atoms with van der Waals surface area (Å²) in [5, 5.41) is 4.31. The van der Waals surface area contributed by atoms with Crippen LogP contribution in [0.3, 0.4) is 0 Å². The van der Waals surface area contributed by atoms with Gasteiger partial charge in [-0.15, -0.1) is 13.2 Å². The van der Waals surface area contributed by atoms with Gasteiger partial charge in [-0.1, -0.05) is 30.0 Å². The van der Waals surface area contributed by atoms with Gasteiger partial charge in [0.25, 0.3) is 5.91 Å². The largest absolute Gasteiger partial charge is 0.573 e. The Labute approximate surface area is 186 Å². The number of imide groups is 1. The molecule has 3 rings (SSSR count). The number of hydrogen-bond donors (Lipinski definition) is 2. The number of nitrogens with zero attached hydrogens (tertiary/aromatic N) is 1. The molecular weight excluding hydrogens is 443 g/mol. The lowest BCUT2D eigenvalue weighted by Gasteiger charge is -2.21. The molecule has 8 nitrogen and oxygen atoms in total. The number of rotatable bonds is 6. The Kier molecular flexibility index (Phi) is 7.07. The smallest absolute Gasteiger partial charge is 0.497 e. The molecule has 1 heterocycles. The lowest BCUT2D eigenvalue weighted by atomic mass is 10.1. The van der Waals surface area contributed by atoms with Crippen LogP contribution in [-0.4, -0.2) is 49.3 Å². The lowest BCUT2D eigenvalue weighted by Crippen LogP contribution is -2.46. The van der Waals surface area contributed by atoms with Crippen LogP contribution in [0.15, 0.2) is 42.5 Å². The second kappa shape index (κ2) is 9.95. The number of ether oxygens (including phenoxy) is 2. The standard InChI is InChI=1S/C22H18F3N3O5/c1-32-17-9-7-15-11-28(20(30)18(15)10-17)12-16(27-21(31)26-13-29)8-6-14-4-2-3-5-19(14)33-22(23,24)25/h2-5,7,9-10,13,16H,11-12H2,1H3,(H2,26,27,29,31)/t16-/m1/s1. The maximum atomic E-state index is 12.8. The monoisotopic (exact) mass is 461 g/mol. The number of hydrogen-bond acceptors (Lipinski definition) is 5. The first-order chi connectivity index (χ1) is 15.7. The highest BCUT2D eigenvalue weighted by Gasteiger charge is 2.32. The van der Waals surface area contributed by atoms with E-state index in [9.17, 15) is 27.6 Å². The number of amides is 4. The van der Waals surface area contributed by atoms with Gasteiger partial charge in [0.05, 0.1) is 19.2 Å². The van der Waals surface area contributed by atoms with E-state index in [1.807, 2.05) is 5.32 Å². The number of benzene rings is 2. The number of halogens is 3. The predicted octanol–water partition coefficient (Wildman–Crippen LogP) is 2.43. The summed E-state index contributed by atoms with van der Waals surface area (Å²) in [5.74, 6) is 4.86. The Morgan fingerprint density at radius 2 is 2.03 bits per heavy atom. The summed E-state index contributed by atoms with van der Waals surface area (Å²) in [4.78, 5) is 36.6. The van der Waals surface area contributed by atoms with Crippen molar-refractivity contribution in [1.82, 2.24) is 15.5 Å². The first-order valence-corrected chi connectivity index (χ1v) is 9.53. The third-order valence-corrected chi connectivity index (χ3v) is 4.59. The fraction of sp³-hybridized carbons (Fsp3) is 0.227. The molecule has 0 aliphatic carbocycles. The molecule has 2 aromatic carbocycles. The molecule has 0 spiro atoms. The van der Waals surface area contributed by atoms with Gasteiger partial charge in [0.2, 0.25) is 6.41 Å². The van der Waals surface area contributed by atoms with Crippen LogP contribution in [0.2, 0.25) is 0 Å². The average molecular weight is 461 g/mol. The van der Waals surface area contributed by atoms with Crippen LogP contribution in [0.5, 0.6) is 11.5 Å². The van der Waals surface area contributed by atoms with Gasteiger partial charge in [-0.05, 0) is 29.8 Å². The summed E-state index contributed by atoms with van der Waals surface area (Å²) in [6.45, 7) is 0.151. The third-order valence-electron chi connectivity index (χ3n) is 4.59. The Balaban J connectivity index is 1.84. The normalized spacial score (nSPS) is 13.3. The number of fused-ring (bicyclic) bond motifs is 1. The zero-order chi connectivity index (χ0) is 24.0. The molecule has 172 valence electrons. The van der Waals surface area contributed by atoms with Crippen molar-refractivity contribution in [1.29, 1.82) is 0 Å². The van der Waals surface area contributed by atoms with Crippen molar-refractivity contribution in [3.05, 3.63) is 59.2 Å². The topological polar surface area (TPSA) is 97.0 Å². The summed E-state index contributed by atoms with van der Waals surface area (Å²) in [6, 6.07) is 8.41. The number of carbonyl (C=O) groups excluding carboxylic acids is 3. The average Bonchev–Trinajstić information content (AvgIpc) is 3.06. The summed E-state index contributed by atoms with van der Waals surface area (Å²) in [7, 11) is 1.47. The SMILES string of the molecule is COc1ccc2c(c1)C(=O)N(C[C@@H](C#Cc1ccccc1OC(F)(F)F)NC(=O)NC=O)C2. The molecule has 1 atom stereocenters. The minimum Gasteiger partial charge on any atom is -0.497 e. The zero-order valence-electron chi connectivity index (χ0n) is 17.2. The maximum absolute atomic E-state index is 12.8. The van der Waals surface area contributed by atoms with Gasteiger partial charge in [0, 0.05) is 12.1 Å². The molecule has 2 aromatic rings. The van der Waals surface area contributed by atoms with Crippen LogP contribution in [0.1, 0.15) is 21.5 Å². The van der Waals surface area contributed by atoms with Crippen molar-refractivity contribution in [2.24, 2.45) is 0 Å². The molecule has 11 heteroatoms. The van der Waals surface area contributed by atoms with E-state index in [1.54, 1.807) is 18.2 Å². The number of methoxy groups -OCH3 is 1. The van der Waals surface area contributed by atoms with Crippen LogP contribution in [0, 0.1) is 11.8 Å². The molecule has 0 bridgehead atoms. The molecule has 0 fully saturated rings. The molecule has 0 radical (unpaired) electrons. The minimum atomic E-state index is -4.91. The van der Waals surface area contributed by atoms with Crippen LogP contribution in [0.4, 0.5) is 18.0 Å². The van der Waals surface area contributed by atoms with Crippen LogP contribution < -0.4 is 20.1 Å². The minimum absolute atomic E-state index is 0.0711. The highest BCUT2D eigenvalue weighted by molar-refractivity contribution is 5.98. The quantitative estimate of drug-likeness (QED) is 0.509. The fourth-order valence-electron chi connectivity index (χ4n) is 3.16. The number of nitrogens with one attached hydrogen (secondary N) is 2. The van der Waals surface area contributed by atoms with Gasteiger partial charge < -0.3 is 19.7 Å². The van der Waals surface area contributed by atoms with E-state index >= 15 is 0 Å². The van der Waals surface area contributed by atoms with Gasteiger partial charge in [-0.3, -0.25) is 14.9 Å². The molecule has 0 saturated heterocycles. The van der Waals surface area contributed by atoms with E-state index in [0.717, 1.165) is 11.6 Å². The van der Waals surface area contributed by atoms with E-state index in [0.29, 0.717) is 11.3 Å². The predicted molar refractivity (Wildman–Crippen MR) is 109 cm³/mol. The number of para-hydroxylation sites is 1. The van der Waals surface area contributed by atoms with Crippen molar-refractivity contribution in [3.8, 4) is 23.3 Å². The maximum Gasteiger partial charge on any atom is 0.573 e. The van der Waals surface area contributed by atoms with Gasteiger partial charge in [0.1, 0.15) is 17.5 Å². The Bertz CT molecular complexity index is 1120. The summed E-state index contributed by atoms with van der Waals surface area (Å²) >= 11 is 0. The molecule has 33 heavy (non-hydrogen) atoms. The van der Waals surface area contributed by atoms with Crippen LogP contribution in [-0.2, 0) is 11.3 Å². The zero-order valence-corrected chi connectivity index (χ0v) is 17.2. The van der Waals surface area contributed by atoms with Gasteiger partial charge >= 0.3 is 12.4 Å². The molecule has 4 amide bonds. The van der Waals surface area contributed by atoms with Crippen molar-refractivity contribution in [3.63, 3.8) is 0 Å². The molecule has 2 N–H and O–H groups in total. The van der Waals surface area contributed by atoms with Crippen molar-refractivity contribution in [2.45, 2.75) is 18.9 Å². The van der Waals surface area contributed by atoms with E-state index in [4.69, 9.17) is 4.74 Å². The highest BCUT2D eigenvalue weighted by atomic mass is 19.4. The van der Waals surface area contributed by atoms with E-state index in [-0.39, 0.29) is 31.0 Å². The Morgan fingerprint density at radius 3 is 2.73 bits per heavy atom. The van der Waals surface area contributed by atoms with Crippen molar-refractivity contribution in [2.75, 3.05) is 13.7 Å². The Hall–Kier alpha value is -4.20. The number of carbonyl (C=O) groups is 3. The van der Waals surface area contributed by atoms with Gasteiger partial charge in [-0.2, -0.15) is 0 Å². The van der Waals surface area contributed by atoms with E-state index in [2.05, 4.69) is 21.9 Å². The molecule has 1 aliphatic rings. The molecule has 0 saturated carbocycles. The van der Waals surface area contributed by atoms with Gasteiger partial charge in [-0.25, -0.2) is 4.79 Å². The number of urea groups is 1. The molecular formula is C22H18F3N3O5. The number of alkyl halides is 3. The van der Waals surface area contributed by atoms with Gasteiger partial charge in [0.15, 0.2) is 0 Å². The summed E-state index contributed by atoms with van der Waals surface area (Å²) < 4.78 is 47.1. The Morgan fingerprint density at radius 1 is 1.27 bits per heavy atom. The first kappa shape index (κ1) is 23.5. The molecule has 0 unspecified atom stereocenters. The van der Waals surface area contributed by atoms with E-state index < -0.39 is 24.2 Å². The highest BCUT2D eigenvalue weighted by Crippen LogP contribution is 2.27. The van der Waals surface area contributed by atoms with Crippen LogP contribution >= 0.6 is 0 Å². The molecule has 0 aromatic heterocycles. The fourth-order valence-corrected chi connectivity index (χ4v) is 3.16. The second-order valence-electron chi connectivity index (χ2n) is 6.81. The second-order valence-corrected chi connectivity index (χ2v) is 6.81. The van der Waals surface area contributed by atoms with Crippen molar-refractivity contribution >= 4 is 18.3 Å². The first-order valence-electron chi connectivity index (χ1n) is 9.53.